The number of nitrogens with zero attached hydrogens (tertiary/aromatic N) is 1. The molecule has 2 aromatic rings. The minimum atomic E-state index is -0.359. The van der Waals surface area contributed by atoms with Crippen molar-refractivity contribution < 1.29 is 13.9 Å². The topological polar surface area (TPSA) is 63.8 Å². The van der Waals surface area contributed by atoms with Gasteiger partial charge in [0.2, 0.25) is 0 Å². The molecule has 20 heavy (non-hydrogen) atoms. The molecule has 0 bridgehead atoms. The Morgan fingerprint density at radius 3 is 2.80 bits per heavy atom. The van der Waals surface area contributed by atoms with Gasteiger partial charge in [0.1, 0.15) is 11.5 Å². The van der Waals surface area contributed by atoms with Crippen LogP contribution in [-0.4, -0.2) is 18.7 Å². The molecule has 0 aliphatic carbocycles. The van der Waals surface area contributed by atoms with Gasteiger partial charge in [-0.3, -0.25) is 4.79 Å². The van der Waals surface area contributed by atoms with Crippen LogP contribution >= 0.6 is 31.9 Å². The van der Waals surface area contributed by atoms with Gasteiger partial charge in [-0.15, -0.1) is 0 Å². The highest BCUT2D eigenvalue weighted by Gasteiger charge is 2.04. The van der Waals surface area contributed by atoms with Gasteiger partial charge in [-0.05, 0) is 56.1 Å². The third-order valence-electron chi connectivity index (χ3n) is 2.17. The second-order valence-electron chi connectivity index (χ2n) is 3.65. The quantitative estimate of drug-likeness (QED) is 0.617. The fraction of sp³-hybridized carbons (Fsp3) is 0.0769. The normalized spacial score (nSPS) is 10.7. The lowest BCUT2D eigenvalue weighted by molar-refractivity contribution is -0.123. The van der Waals surface area contributed by atoms with Crippen molar-refractivity contribution in [3.8, 4) is 5.75 Å². The number of carbonyl (C=O) groups excluding carboxylic acids is 1. The summed E-state index contributed by atoms with van der Waals surface area (Å²) in [4.78, 5) is 11.5. The molecule has 0 radical (unpaired) electrons. The molecule has 0 saturated carbocycles. The molecule has 7 heteroatoms. The largest absolute Gasteiger partial charge is 0.483 e. The number of hydrogen-bond acceptors (Lipinski definition) is 4. The number of carbonyl (C=O) groups is 1. The Morgan fingerprint density at radius 1 is 1.30 bits per heavy atom. The number of amides is 1. The van der Waals surface area contributed by atoms with Crippen LogP contribution in [0.1, 0.15) is 5.76 Å². The van der Waals surface area contributed by atoms with Gasteiger partial charge in [0.05, 0.1) is 10.7 Å². The Labute approximate surface area is 132 Å². The van der Waals surface area contributed by atoms with Crippen molar-refractivity contribution in [3.05, 3.63) is 51.3 Å². The average Bonchev–Trinajstić information content (AvgIpc) is 2.83. The van der Waals surface area contributed by atoms with Gasteiger partial charge < -0.3 is 9.15 Å². The average molecular weight is 402 g/mol. The van der Waals surface area contributed by atoms with E-state index in [1.807, 2.05) is 18.2 Å². The van der Waals surface area contributed by atoms with E-state index in [4.69, 9.17) is 9.15 Å². The van der Waals surface area contributed by atoms with Crippen molar-refractivity contribution in [2.75, 3.05) is 6.61 Å². The van der Waals surface area contributed by atoms with E-state index in [1.54, 1.807) is 18.2 Å². The molecular weight excluding hydrogens is 392 g/mol. The number of nitrogens with one attached hydrogen (secondary N) is 1. The number of hydrogen-bond donors (Lipinski definition) is 1. The lowest BCUT2D eigenvalue weighted by Gasteiger charge is -2.06. The summed E-state index contributed by atoms with van der Waals surface area (Å²) >= 11 is 6.50. The molecule has 104 valence electrons. The lowest BCUT2D eigenvalue weighted by Crippen LogP contribution is -2.24. The molecule has 1 amide bonds. The number of para-hydroxylation sites is 1. The minimum absolute atomic E-state index is 0.123. The van der Waals surface area contributed by atoms with Crippen LogP contribution in [0.3, 0.4) is 0 Å². The highest BCUT2D eigenvalue weighted by molar-refractivity contribution is 9.10. The first-order valence-corrected chi connectivity index (χ1v) is 7.18. The molecule has 1 heterocycles. The van der Waals surface area contributed by atoms with Gasteiger partial charge >= 0.3 is 0 Å². The highest BCUT2D eigenvalue weighted by Crippen LogP contribution is 2.23. The zero-order chi connectivity index (χ0) is 14.4. The van der Waals surface area contributed by atoms with Crippen molar-refractivity contribution in [1.29, 1.82) is 0 Å². The predicted molar refractivity (Wildman–Crippen MR) is 81.8 cm³/mol. The Bertz CT molecular complexity index is 626. The third-order valence-corrected chi connectivity index (χ3v) is 3.25. The van der Waals surface area contributed by atoms with E-state index < -0.39 is 0 Å². The van der Waals surface area contributed by atoms with E-state index in [-0.39, 0.29) is 12.5 Å². The summed E-state index contributed by atoms with van der Waals surface area (Å²) < 4.78 is 11.9. The molecule has 0 unspecified atom stereocenters. The van der Waals surface area contributed by atoms with Gasteiger partial charge in [-0.1, -0.05) is 12.1 Å². The maximum Gasteiger partial charge on any atom is 0.277 e. The maximum absolute atomic E-state index is 11.5. The van der Waals surface area contributed by atoms with Gasteiger partial charge in [0, 0.05) is 0 Å². The standard InChI is InChI=1S/C13H10Br2N2O3/c14-10-3-1-2-4-11(10)19-8-13(18)17-16-7-9-5-6-12(15)20-9/h1-7H,8H2,(H,17,18)/b16-7+. The first kappa shape index (κ1) is 14.8. The number of halogens is 2. The fourth-order valence-electron chi connectivity index (χ4n) is 1.30. The van der Waals surface area contributed by atoms with E-state index in [0.29, 0.717) is 16.2 Å². The van der Waals surface area contributed by atoms with Gasteiger partial charge in [0.15, 0.2) is 11.3 Å². The molecule has 0 saturated heterocycles. The SMILES string of the molecule is O=C(COc1ccccc1Br)N/N=C/c1ccc(Br)o1. The third kappa shape index (κ3) is 4.50. The first-order chi connectivity index (χ1) is 9.65. The molecule has 1 aromatic heterocycles. The van der Waals surface area contributed by atoms with Crippen molar-refractivity contribution >= 4 is 44.0 Å². The molecule has 0 aliphatic heterocycles. The van der Waals surface area contributed by atoms with Crippen molar-refractivity contribution in [1.82, 2.24) is 5.43 Å². The zero-order valence-electron chi connectivity index (χ0n) is 10.2. The van der Waals surface area contributed by atoms with Crippen LogP contribution in [0.15, 0.2) is 55.1 Å². The Morgan fingerprint density at radius 2 is 2.10 bits per heavy atom. The van der Waals surface area contributed by atoms with Gasteiger partial charge in [-0.2, -0.15) is 5.10 Å². The summed E-state index contributed by atoms with van der Waals surface area (Å²) in [6.45, 7) is -0.123. The summed E-state index contributed by atoms with van der Waals surface area (Å²) in [7, 11) is 0. The van der Waals surface area contributed by atoms with Crippen LogP contribution in [0.5, 0.6) is 5.75 Å². The van der Waals surface area contributed by atoms with E-state index in [0.717, 1.165) is 4.47 Å². The fourth-order valence-corrected chi connectivity index (χ4v) is 2.02. The molecule has 2 rings (SSSR count). The molecular formula is C13H10Br2N2O3. The zero-order valence-corrected chi connectivity index (χ0v) is 13.3. The molecule has 1 aromatic carbocycles. The van der Waals surface area contributed by atoms with Crippen molar-refractivity contribution in [2.24, 2.45) is 5.10 Å². The number of furan rings is 1. The minimum Gasteiger partial charge on any atom is -0.483 e. The summed E-state index contributed by atoms with van der Waals surface area (Å²) in [5.41, 5.74) is 2.35. The second-order valence-corrected chi connectivity index (χ2v) is 5.29. The van der Waals surface area contributed by atoms with Crippen LogP contribution < -0.4 is 10.2 Å². The van der Waals surface area contributed by atoms with Crippen LogP contribution in [0.25, 0.3) is 0 Å². The van der Waals surface area contributed by atoms with E-state index in [2.05, 4.69) is 42.4 Å². The summed E-state index contributed by atoms with van der Waals surface area (Å²) in [5, 5.41) is 3.76. The van der Waals surface area contributed by atoms with E-state index in [1.165, 1.54) is 6.21 Å². The Kier molecular flexibility index (Phi) is 5.37. The number of ether oxygens (including phenoxy) is 1. The molecule has 0 atom stereocenters. The van der Waals surface area contributed by atoms with Crippen molar-refractivity contribution in [2.45, 2.75) is 0 Å². The number of hydrazone groups is 1. The molecule has 0 aliphatic rings. The summed E-state index contributed by atoms with van der Waals surface area (Å²) in [6.07, 6.45) is 1.40. The van der Waals surface area contributed by atoms with Crippen LogP contribution in [0.2, 0.25) is 0 Å². The molecule has 0 spiro atoms. The molecule has 1 N–H and O–H groups in total. The maximum atomic E-state index is 11.5. The smallest absolute Gasteiger partial charge is 0.277 e. The predicted octanol–water partition coefficient (Wildman–Crippen LogP) is 3.33. The summed E-state index contributed by atoms with van der Waals surface area (Å²) in [5.74, 6) is 0.771. The highest BCUT2D eigenvalue weighted by atomic mass is 79.9. The van der Waals surface area contributed by atoms with Gasteiger partial charge in [0.25, 0.3) is 5.91 Å². The first-order valence-electron chi connectivity index (χ1n) is 5.60. The second kappa shape index (κ2) is 7.25. The molecule has 5 nitrogen and oxygen atoms in total. The Balaban J connectivity index is 1.78. The number of benzene rings is 1. The van der Waals surface area contributed by atoms with Crippen molar-refractivity contribution in [3.63, 3.8) is 0 Å². The monoisotopic (exact) mass is 400 g/mol. The van der Waals surface area contributed by atoms with Crippen LogP contribution in [0, 0.1) is 0 Å². The number of rotatable bonds is 5. The van der Waals surface area contributed by atoms with Gasteiger partial charge in [-0.25, -0.2) is 5.43 Å². The van der Waals surface area contributed by atoms with Crippen LogP contribution in [0.4, 0.5) is 0 Å². The Hall–Kier alpha value is -1.60. The van der Waals surface area contributed by atoms with E-state index >= 15 is 0 Å². The van der Waals surface area contributed by atoms with E-state index in [9.17, 15) is 4.79 Å². The van der Waals surface area contributed by atoms with Crippen LogP contribution in [-0.2, 0) is 4.79 Å². The summed E-state index contributed by atoms with van der Waals surface area (Å²) in [6, 6.07) is 10.7. The molecule has 0 fully saturated rings. The lowest BCUT2D eigenvalue weighted by atomic mass is 10.3.